The van der Waals surface area contributed by atoms with Crippen LogP contribution in [0.1, 0.15) is 91.0 Å². The predicted molar refractivity (Wildman–Crippen MR) is 227 cm³/mol. The minimum Gasteiger partial charge on any atom is -0.369 e. The van der Waals surface area contributed by atoms with Crippen LogP contribution in [0.4, 0.5) is 10.1 Å². The monoisotopic (exact) mass is 814 g/mol. The van der Waals surface area contributed by atoms with Gasteiger partial charge in [-0.1, -0.05) is 57.1 Å². The molecule has 4 aromatic heterocycles. The highest BCUT2D eigenvalue weighted by Crippen LogP contribution is 2.33. The van der Waals surface area contributed by atoms with Gasteiger partial charge >= 0.3 is 0 Å². The number of carbonyl (C=O) groups excluding carboxylic acids is 3. The Labute approximate surface area is 348 Å². The van der Waals surface area contributed by atoms with Crippen LogP contribution < -0.4 is 15.5 Å². The summed E-state index contributed by atoms with van der Waals surface area (Å²) in [6.45, 7) is 16.3. The predicted octanol–water partition coefficient (Wildman–Crippen LogP) is 6.57. The number of benzene rings is 2. The van der Waals surface area contributed by atoms with E-state index in [9.17, 15) is 14.4 Å². The fraction of sp³-hybridized carbons (Fsp3) is 0.378. The molecule has 1 saturated heterocycles. The van der Waals surface area contributed by atoms with Gasteiger partial charge in [0.05, 0.1) is 0 Å². The van der Waals surface area contributed by atoms with Crippen molar-refractivity contribution in [2.24, 2.45) is 0 Å². The van der Waals surface area contributed by atoms with E-state index >= 15 is 4.39 Å². The summed E-state index contributed by atoms with van der Waals surface area (Å²) in [5.74, 6) is -0.731. The third-order valence-electron chi connectivity index (χ3n) is 11.2. The molecule has 1 unspecified atom stereocenters. The van der Waals surface area contributed by atoms with Crippen LogP contribution in [0.25, 0.3) is 33.4 Å². The van der Waals surface area contributed by atoms with Crippen molar-refractivity contribution in [3.05, 3.63) is 106 Å². The molecule has 2 aromatic carbocycles. The van der Waals surface area contributed by atoms with Gasteiger partial charge in [-0.2, -0.15) is 10.1 Å². The van der Waals surface area contributed by atoms with Gasteiger partial charge in [-0.15, -0.1) is 0 Å². The molecule has 60 heavy (non-hydrogen) atoms. The second kappa shape index (κ2) is 17.9. The molecule has 0 aliphatic carbocycles. The van der Waals surface area contributed by atoms with Crippen molar-refractivity contribution in [2.45, 2.75) is 78.7 Å². The zero-order valence-electron chi connectivity index (χ0n) is 34.9. The highest BCUT2D eigenvalue weighted by atomic mass is 19.1. The van der Waals surface area contributed by atoms with Gasteiger partial charge < -0.3 is 14.7 Å². The van der Waals surface area contributed by atoms with Gasteiger partial charge in [-0.05, 0) is 78.8 Å². The van der Waals surface area contributed by atoms with E-state index in [0.29, 0.717) is 58.6 Å². The van der Waals surface area contributed by atoms with Gasteiger partial charge in [-0.25, -0.2) is 9.37 Å². The number of H-pyrrole nitrogens is 1. The second-order valence-corrected chi connectivity index (χ2v) is 16.5. The molecular weight excluding hydrogens is 764 g/mol. The average Bonchev–Trinajstić information content (AvgIpc) is 3.92. The summed E-state index contributed by atoms with van der Waals surface area (Å²) < 4.78 is 21.2. The Bertz CT molecular complexity index is 2500. The molecule has 0 bridgehead atoms. The van der Waals surface area contributed by atoms with E-state index in [-0.39, 0.29) is 24.2 Å². The van der Waals surface area contributed by atoms with E-state index in [1.807, 2.05) is 33.8 Å². The number of rotatable bonds is 14. The Kier molecular flexibility index (Phi) is 12.5. The van der Waals surface area contributed by atoms with Crippen molar-refractivity contribution >= 4 is 34.9 Å². The first kappa shape index (κ1) is 41.8. The second-order valence-electron chi connectivity index (χ2n) is 16.5. The lowest BCUT2D eigenvalue weighted by Crippen LogP contribution is -2.47. The van der Waals surface area contributed by atoms with Crippen LogP contribution in [0.2, 0.25) is 0 Å². The smallest absolute Gasteiger partial charge is 0.292 e. The van der Waals surface area contributed by atoms with Gasteiger partial charge in [0.15, 0.2) is 5.65 Å². The number of aryl methyl sites for hydroxylation is 1. The standard InChI is InChI=1S/C45H51FN10O4/c1-27(7-16-38(58)49-26-57)35-15-11-33(50-29(35)3)17-18-55-19-21-56(22-20-55)34-12-8-30(9-13-34)32-23-37-40(52-53-41(37)47-25-32)36-14-10-31(28(2)39(36)46)24-48-43(59)42-51-44(60-54-42)45(4,5)6/h8-15,23,25-27H,7,16-22,24H2,1-6H3,(H,48,59)(H,47,52,53)(H,49,57,58). The lowest BCUT2D eigenvalue weighted by Gasteiger charge is -2.36. The minimum atomic E-state index is -0.504. The first-order valence-electron chi connectivity index (χ1n) is 20.3. The molecule has 5 heterocycles. The van der Waals surface area contributed by atoms with Gasteiger partial charge in [0.25, 0.3) is 11.7 Å². The van der Waals surface area contributed by atoms with Crippen molar-refractivity contribution in [2.75, 3.05) is 37.6 Å². The Morgan fingerprint density at radius 2 is 1.77 bits per heavy atom. The maximum atomic E-state index is 16.0. The van der Waals surface area contributed by atoms with Crippen LogP contribution >= 0.6 is 0 Å². The molecule has 14 nitrogen and oxygen atoms in total. The summed E-state index contributed by atoms with van der Waals surface area (Å²) >= 11 is 0. The van der Waals surface area contributed by atoms with E-state index in [1.165, 1.54) is 0 Å². The molecule has 3 amide bonds. The number of imide groups is 1. The number of carbonyl (C=O) groups is 3. The number of nitrogens with zero attached hydrogens (tertiary/aromatic N) is 7. The number of anilines is 1. The SMILES string of the molecule is Cc1nc(CCN2CCN(c3ccc(-c4cnc5[nH]nc(-c6ccc(CNC(=O)c7noc(C(C)(C)C)n7)c(C)c6F)c5c4)cc3)CC2)ccc1C(C)CCC(=O)NC=O. The summed E-state index contributed by atoms with van der Waals surface area (Å²) in [7, 11) is 0. The third-order valence-corrected chi connectivity index (χ3v) is 11.2. The number of aromatic nitrogens is 6. The van der Waals surface area contributed by atoms with Crippen molar-refractivity contribution in [3.8, 4) is 22.4 Å². The van der Waals surface area contributed by atoms with Gasteiger partial charge in [0.2, 0.25) is 18.2 Å². The first-order valence-corrected chi connectivity index (χ1v) is 20.3. The van der Waals surface area contributed by atoms with E-state index in [1.54, 1.807) is 25.3 Å². The van der Waals surface area contributed by atoms with Crippen molar-refractivity contribution < 1.29 is 23.3 Å². The van der Waals surface area contributed by atoms with E-state index < -0.39 is 17.1 Å². The number of nitrogens with one attached hydrogen (secondary N) is 3. The number of piperazine rings is 1. The highest BCUT2D eigenvalue weighted by molar-refractivity contribution is 5.94. The van der Waals surface area contributed by atoms with Crippen LogP contribution in [0, 0.1) is 19.7 Å². The molecule has 0 saturated carbocycles. The third kappa shape index (κ3) is 9.41. The molecule has 1 fully saturated rings. The number of hydrogen-bond donors (Lipinski definition) is 3. The maximum Gasteiger partial charge on any atom is 0.292 e. The quantitative estimate of drug-likeness (QED) is 0.101. The molecule has 3 N–H and O–H groups in total. The molecule has 6 aromatic rings. The van der Waals surface area contributed by atoms with Crippen molar-refractivity contribution in [3.63, 3.8) is 0 Å². The fourth-order valence-electron chi connectivity index (χ4n) is 7.53. The van der Waals surface area contributed by atoms with Crippen LogP contribution in [0.5, 0.6) is 0 Å². The molecule has 0 radical (unpaired) electrons. The van der Waals surface area contributed by atoms with E-state index in [2.05, 4.69) is 89.1 Å². The highest BCUT2D eigenvalue weighted by Gasteiger charge is 2.25. The summed E-state index contributed by atoms with van der Waals surface area (Å²) in [5, 5.41) is 16.9. The van der Waals surface area contributed by atoms with E-state index in [4.69, 9.17) is 9.51 Å². The number of aromatic amines is 1. The lowest BCUT2D eigenvalue weighted by molar-refractivity contribution is -0.125. The molecule has 15 heteroatoms. The fourth-order valence-corrected chi connectivity index (χ4v) is 7.53. The topological polar surface area (TPSA) is 175 Å². The maximum absolute atomic E-state index is 16.0. The molecule has 0 spiro atoms. The van der Waals surface area contributed by atoms with Gasteiger partial charge in [-0.3, -0.25) is 34.7 Å². The summed E-state index contributed by atoms with van der Waals surface area (Å²) in [4.78, 5) is 53.5. The number of fused-ring (bicyclic) bond motifs is 1. The summed E-state index contributed by atoms with van der Waals surface area (Å²) in [6.07, 6.45) is 4.04. The summed E-state index contributed by atoms with van der Waals surface area (Å²) in [5.41, 5.74) is 8.18. The molecule has 1 aliphatic rings. The molecule has 1 aliphatic heterocycles. The number of amides is 3. The molecule has 7 rings (SSSR count). The molecule has 312 valence electrons. The van der Waals surface area contributed by atoms with Crippen LogP contribution in [0.15, 0.2) is 65.3 Å². The Morgan fingerprint density at radius 3 is 2.47 bits per heavy atom. The van der Waals surface area contributed by atoms with Crippen molar-refractivity contribution in [1.29, 1.82) is 0 Å². The minimum absolute atomic E-state index is 0.0693. The lowest BCUT2D eigenvalue weighted by atomic mass is 9.94. The first-order chi connectivity index (χ1) is 28.8. The normalized spacial score (nSPS) is 14.0. The van der Waals surface area contributed by atoms with Crippen LogP contribution in [0.3, 0.4) is 0 Å². The zero-order valence-corrected chi connectivity index (χ0v) is 34.9. The average molecular weight is 815 g/mol. The Hall–Kier alpha value is -6.35. The largest absolute Gasteiger partial charge is 0.369 e. The van der Waals surface area contributed by atoms with E-state index in [0.717, 1.165) is 72.9 Å². The number of pyridine rings is 2. The van der Waals surface area contributed by atoms with Crippen LogP contribution in [-0.4, -0.2) is 86.2 Å². The number of halogens is 1. The van der Waals surface area contributed by atoms with Gasteiger partial charge in [0.1, 0.15) is 11.5 Å². The summed E-state index contributed by atoms with van der Waals surface area (Å²) in [6, 6.07) is 18.1. The van der Waals surface area contributed by atoms with Crippen molar-refractivity contribution in [1.82, 2.24) is 45.8 Å². The van der Waals surface area contributed by atoms with Gasteiger partial charge in [0, 0.05) is 97.3 Å². The zero-order chi connectivity index (χ0) is 42.6. The number of hydrogen-bond acceptors (Lipinski definition) is 11. The van der Waals surface area contributed by atoms with Crippen LogP contribution in [-0.2, 0) is 28.0 Å². The Morgan fingerprint density at radius 1 is 1.00 bits per heavy atom. The Balaban J connectivity index is 0.938. The molecule has 1 atom stereocenters. The molecular formula is C45H51FN10O4.